The first-order chi connectivity index (χ1) is 8.86. The fraction of sp³-hybridized carbons (Fsp3) is 0.0588. The normalized spacial score (nSPS) is 15.4. The Morgan fingerprint density at radius 1 is 0.611 bits per heavy atom. The van der Waals surface area contributed by atoms with Gasteiger partial charge in [-0.05, 0) is 22.3 Å². The molecule has 1 nitrogen and oxygen atoms in total. The zero-order valence-electron chi connectivity index (χ0n) is 10.1. The molecule has 0 unspecified atom stereocenters. The van der Waals surface area contributed by atoms with Gasteiger partial charge in [-0.2, -0.15) is 0 Å². The number of allylic oxidation sites excluding steroid dienone is 2. The van der Waals surface area contributed by atoms with Gasteiger partial charge in [0.05, 0.1) is 6.04 Å². The molecule has 2 aromatic rings. The number of nitrogens with two attached hydrogens (primary N) is 1. The van der Waals surface area contributed by atoms with E-state index in [-0.39, 0.29) is 6.04 Å². The number of hydrogen-bond acceptors (Lipinski definition) is 1. The van der Waals surface area contributed by atoms with Gasteiger partial charge in [0.2, 0.25) is 0 Å². The zero-order valence-corrected chi connectivity index (χ0v) is 10.1. The largest absolute Gasteiger partial charge is 0.320 e. The lowest BCUT2D eigenvalue weighted by Gasteiger charge is -2.15. The van der Waals surface area contributed by atoms with E-state index in [1.54, 1.807) is 0 Å². The molecule has 1 heteroatoms. The molecule has 0 bridgehead atoms. The molecule has 0 radical (unpaired) electrons. The lowest BCUT2D eigenvalue weighted by molar-refractivity contribution is 1.08. The predicted molar refractivity (Wildman–Crippen MR) is 76.8 cm³/mol. The Morgan fingerprint density at radius 2 is 1.00 bits per heavy atom. The van der Waals surface area contributed by atoms with Crippen molar-refractivity contribution in [2.45, 2.75) is 6.04 Å². The molecule has 0 amide bonds. The van der Waals surface area contributed by atoms with E-state index in [0.29, 0.717) is 0 Å². The number of hydrogen-bond donors (Lipinski definition) is 1. The molecule has 0 aliphatic heterocycles. The topological polar surface area (TPSA) is 26.0 Å². The second-order valence-corrected chi connectivity index (χ2v) is 4.45. The fourth-order valence-electron chi connectivity index (χ4n) is 2.37. The van der Waals surface area contributed by atoms with Crippen LogP contribution in [0.25, 0.3) is 11.1 Å². The van der Waals surface area contributed by atoms with E-state index < -0.39 is 0 Å². The van der Waals surface area contributed by atoms with Crippen molar-refractivity contribution >= 4 is 11.1 Å². The van der Waals surface area contributed by atoms with Crippen LogP contribution < -0.4 is 5.73 Å². The molecule has 0 aromatic heterocycles. The maximum atomic E-state index is 6.35. The van der Waals surface area contributed by atoms with Crippen LogP contribution in [0.15, 0.2) is 72.8 Å². The van der Waals surface area contributed by atoms with Gasteiger partial charge in [0.1, 0.15) is 0 Å². The minimum atomic E-state index is -0.0326. The Hall–Kier alpha value is -2.12. The molecule has 0 saturated carbocycles. The van der Waals surface area contributed by atoms with Gasteiger partial charge < -0.3 is 5.73 Å². The van der Waals surface area contributed by atoms with Gasteiger partial charge in [-0.25, -0.2) is 0 Å². The van der Waals surface area contributed by atoms with Crippen LogP contribution in [0.2, 0.25) is 0 Å². The summed E-state index contributed by atoms with van der Waals surface area (Å²) in [6.07, 6.45) is 4.25. The van der Waals surface area contributed by atoms with Gasteiger partial charge in [-0.15, -0.1) is 0 Å². The van der Waals surface area contributed by atoms with Crippen LogP contribution in [0.3, 0.4) is 0 Å². The molecule has 2 aromatic carbocycles. The average Bonchev–Trinajstić information content (AvgIpc) is 2.83. The molecule has 1 aliphatic rings. The highest BCUT2D eigenvalue weighted by atomic mass is 14.7. The highest BCUT2D eigenvalue weighted by Gasteiger charge is 2.20. The Morgan fingerprint density at radius 3 is 1.39 bits per heavy atom. The Bertz CT molecular complexity index is 539. The van der Waals surface area contributed by atoms with Crippen LogP contribution in [0.5, 0.6) is 0 Å². The average molecular weight is 233 g/mol. The van der Waals surface area contributed by atoms with Gasteiger partial charge in [0.15, 0.2) is 0 Å². The zero-order chi connectivity index (χ0) is 12.4. The smallest absolute Gasteiger partial charge is 0.0563 e. The van der Waals surface area contributed by atoms with Gasteiger partial charge in [-0.3, -0.25) is 0 Å². The summed E-state index contributed by atoms with van der Waals surface area (Å²) in [5.41, 5.74) is 11.1. The molecule has 0 atom stereocenters. The van der Waals surface area contributed by atoms with Crippen molar-refractivity contribution in [3.63, 3.8) is 0 Å². The summed E-state index contributed by atoms with van der Waals surface area (Å²) in [7, 11) is 0. The van der Waals surface area contributed by atoms with Crippen molar-refractivity contribution in [3.05, 3.63) is 83.9 Å². The molecular weight excluding hydrogens is 218 g/mol. The van der Waals surface area contributed by atoms with E-state index >= 15 is 0 Å². The summed E-state index contributed by atoms with van der Waals surface area (Å²) in [6.45, 7) is 0. The van der Waals surface area contributed by atoms with Crippen molar-refractivity contribution in [3.8, 4) is 0 Å². The Balaban J connectivity index is 1.90. The van der Waals surface area contributed by atoms with Crippen molar-refractivity contribution in [1.82, 2.24) is 0 Å². The van der Waals surface area contributed by atoms with Crippen molar-refractivity contribution in [2.75, 3.05) is 0 Å². The van der Waals surface area contributed by atoms with Crippen LogP contribution in [-0.2, 0) is 0 Å². The second-order valence-electron chi connectivity index (χ2n) is 4.45. The molecule has 88 valence electrons. The third-order valence-electron chi connectivity index (χ3n) is 3.33. The summed E-state index contributed by atoms with van der Waals surface area (Å²) in [5, 5.41) is 0. The van der Waals surface area contributed by atoms with Crippen LogP contribution in [-0.4, -0.2) is 6.04 Å². The van der Waals surface area contributed by atoms with Crippen molar-refractivity contribution in [1.29, 1.82) is 0 Å². The Kier molecular flexibility index (Phi) is 2.83. The van der Waals surface area contributed by atoms with E-state index in [1.165, 1.54) is 22.3 Å². The first kappa shape index (κ1) is 11.0. The molecule has 0 heterocycles. The van der Waals surface area contributed by atoms with Crippen LogP contribution in [0, 0.1) is 0 Å². The lowest BCUT2D eigenvalue weighted by atomic mass is 9.94. The first-order valence-corrected chi connectivity index (χ1v) is 6.14. The minimum Gasteiger partial charge on any atom is -0.320 e. The van der Waals surface area contributed by atoms with E-state index in [1.807, 2.05) is 36.4 Å². The molecule has 0 fully saturated rings. The first-order valence-electron chi connectivity index (χ1n) is 6.14. The van der Waals surface area contributed by atoms with E-state index in [0.717, 1.165) is 0 Å². The monoisotopic (exact) mass is 233 g/mol. The summed E-state index contributed by atoms with van der Waals surface area (Å²) in [5.74, 6) is 0. The third-order valence-corrected chi connectivity index (χ3v) is 3.33. The van der Waals surface area contributed by atoms with Crippen molar-refractivity contribution < 1.29 is 0 Å². The van der Waals surface area contributed by atoms with Gasteiger partial charge in [-0.1, -0.05) is 72.8 Å². The van der Waals surface area contributed by atoms with Gasteiger partial charge in [0, 0.05) is 0 Å². The van der Waals surface area contributed by atoms with Crippen LogP contribution >= 0.6 is 0 Å². The highest BCUT2D eigenvalue weighted by molar-refractivity contribution is 5.91. The minimum absolute atomic E-state index is 0.0326. The van der Waals surface area contributed by atoms with E-state index in [2.05, 4.69) is 36.4 Å². The quantitative estimate of drug-likeness (QED) is 0.844. The highest BCUT2D eigenvalue weighted by Crippen LogP contribution is 2.32. The molecule has 18 heavy (non-hydrogen) atoms. The van der Waals surface area contributed by atoms with Gasteiger partial charge in [0.25, 0.3) is 0 Å². The lowest BCUT2D eigenvalue weighted by Crippen LogP contribution is -2.21. The van der Waals surface area contributed by atoms with Crippen LogP contribution in [0.4, 0.5) is 0 Å². The predicted octanol–water partition coefficient (Wildman–Crippen LogP) is 3.49. The summed E-state index contributed by atoms with van der Waals surface area (Å²) >= 11 is 0. The SMILES string of the molecule is NC1C(c2ccccc2)=CC=C1c1ccccc1. The maximum absolute atomic E-state index is 6.35. The maximum Gasteiger partial charge on any atom is 0.0563 e. The Labute approximate surface area is 107 Å². The third kappa shape index (κ3) is 1.89. The number of benzene rings is 2. The molecule has 3 rings (SSSR count). The van der Waals surface area contributed by atoms with Crippen LogP contribution in [0.1, 0.15) is 11.1 Å². The molecule has 1 aliphatic carbocycles. The summed E-state index contributed by atoms with van der Waals surface area (Å²) < 4.78 is 0. The summed E-state index contributed by atoms with van der Waals surface area (Å²) in [6, 6.07) is 20.6. The van der Waals surface area contributed by atoms with Crippen molar-refractivity contribution in [2.24, 2.45) is 5.73 Å². The molecule has 2 N–H and O–H groups in total. The molecule has 0 saturated heterocycles. The van der Waals surface area contributed by atoms with E-state index in [4.69, 9.17) is 5.73 Å². The molecular formula is C17H15N. The number of rotatable bonds is 2. The standard InChI is InChI=1S/C17H15N/c18-17-15(13-7-3-1-4-8-13)11-12-16(17)14-9-5-2-6-10-14/h1-12,17H,18H2. The van der Waals surface area contributed by atoms with E-state index in [9.17, 15) is 0 Å². The molecule has 0 spiro atoms. The second kappa shape index (κ2) is 4.63. The van der Waals surface area contributed by atoms with Gasteiger partial charge >= 0.3 is 0 Å². The fourth-order valence-corrected chi connectivity index (χ4v) is 2.37. The summed E-state index contributed by atoms with van der Waals surface area (Å²) in [4.78, 5) is 0.